The number of anilines is 1. The fourth-order valence-electron chi connectivity index (χ4n) is 1.65. The second-order valence-electron chi connectivity index (χ2n) is 3.81. The van der Waals surface area contributed by atoms with E-state index in [4.69, 9.17) is 22.7 Å². The van der Waals surface area contributed by atoms with Gasteiger partial charge in [0.05, 0.1) is 10.7 Å². The Morgan fingerprint density at radius 3 is 2.53 bits per heavy atom. The molecule has 0 unspecified atom stereocenters. The summed E-state index contributed by atoms with van der Waals surface area (Å²) in [5, 5.41) is 10.4. The van der Waals surface area contributed by atoms with Gasteiger partial charge >= 0.3 is 6.03 Å². The van der Waals surface area contributed by atoms with E-state index in [0.29, 0.717) is 10.7 Å². The highest BCUT2D eigenvalue weighted by molar-refractivity contribution is 6.34. The molecule has 0 aromatic heterocycles. The summed E-state index contributed by atoms with van der Waals surface area (Å²) < 4.78 is 0. The van der Waals surface area contributed by atoms with Crippen LogP contribution in [0.5, 0.6) is 0 Å². The number of aryl methyl sites for hydroxylation is 2. The van der Waals surface area contributed by atoms with Gasteiger partial charge in [0.25, 0.3) is 0 Å². The van der Waals surface area contributed by atoms with Crippen molar-refractivity contribution in [2.24, 2.45) is 5.73 Å². The first-order valence-corrected chi connectivity index (χ1v) is 5.36. The molecule has 0 fully saturated rings. The SMILES string of the molecule is Cc1cc(C)c(N(C)C(=N)NC(N)=O)c(Cl)c1. The number of nitrogens with zero attached hydrogens (tertiary/aromatic N) is 1. The van der Waals surface area contributed by atoms with Gasteiger partial charge in [0.15, 0.2) is 0 Å². The number of rotatable bonds is 1. The number of nitrogens with two attached hydrogens (primary N) is 1. The van der Waals surface area contributed by atoms with Gasteiger partial charge in [0.2, 0.25) is 5.96 Å². The first kappa shape index (κ1) is 13.3. The van der Waals surface area contributed by atoms with Crippen LogP contribution < -0.4 is 16.0 Å². The molecule has 0 radical (unpaired) electrons. The smallest absolute Gasteiger partial charge is 0.318 e. The molecule has 0 aliphatic carbocycles. The minimum absolute atomic E-state index is 0.119. The molecule has 0 heterocycles. The maximum Gasteiger partial charge on any atom is 0.318 e. The Kier molecular flexibility index (Phi) is 3.96. The van der Waals surface area contributed by atoms with Gasteiger partial charge in [-0.05, 0) is 31.0 Å². The number of carbonyl (C=O) groups is 1. The maximum atomic E-state index is 10.7. The fourth-order valence-corrected chi connectivity index (χ4v) is 2.09. The first-order chi connectivity index (χ1) is 7.82. The lowest BCUT2D eigenvalue weighted by Gasteiger charge is -2.23. The molecular formula is C11H15ClN4O. The average molecular weight is 255 g/mol. The third-order valence-corrected chi connectivity index (χ3v) is 2.60. The molecule has 92 valence electrons. The molecule has 5 nitrogen and oxygen atoms in total. The van der Waals surface area contributed by atoms with Crippen LogP contribution in [0.15, 0.2) is 12.1 Å². The lowest BCUT2D eigenvalue weighted by molar-refractivity contribution is 0.253. The molecule has 1 aromatic carbocycles. The maximum absolute atomic E-state index is 10.7. The van der Waals surface area contributed by atoms with Gasteiger partial charge in [-0.15, -0.1) is 0 Å². The molecule has 0 spiro atoms. The van der Waals surface area contributed by atoms with Crippen molar-refractivity contribution in [2.45, 2.75) is 13.8 Å². The van der Waals surface area contributed by atoms with E-state index in [9.17, 15) is 4.79 Å². The van der Waals surface area contributed by atoms with E-state index in [-0.39, 0.29) is 5.96 Å². The molecule has 4 N–H and O–H groups in total. The molecule has 0 saturated heterocycles. The Labute approximate surface area is 105 Å². The van der Waals surface area contributed by atoms with E-state index in [1.54, 1.807) is 13.1 Å². The standard InChI is InChI=1S/C11H15ClN4O/c1-6-4-7(2)9(8(12)5-6)16(3)10(13)15-11(14)17/h4-5H,1-3H3,(H4,13,14,15,17). The van der Waals surface area contributed by atoms with E-state index >= 15 is 0 Å². The second-order valence-corrected chi connectivity index (χ2v) is 4.22. The summed E-state index contributed by atoms with van der Waals surface area (Å²) in [7, 11) is 1.64. The van der Waals surface area contributed by atoms with Crippen molar-refractivity contribution in [1.29, 1.82) is 5.41 Å². The summed E-state index contributed by atoms with van der Waals surface area (Å²) in [6.07, 6.45) is 0. The van der Waals surface area contributed by atoms with Crippen LogP contribution in [0, 0.1) is 19.3 Å². The monoisotopic (exact) mass is 254 g/mol. The number of primary amides is 1. The summed E-state index contributed by atoms with van der Waals surface area (Å²) in [4.78, 5) is 12.2. The molecule has 0 saturated carbocycles. The van der Waals surface area contributed by atoms with Crippen molar-refractivity contribution < 1.29 is 4.79 Å². The van der Waals surface area contributed by atoms with Crippen LogP contribution in [0.3, 0.4) is 0 Å². The van der Waals surface area contributed by atoms with E-state index in [1.807, 2.05) is 19.9 Å². The van der Waals surface area contributed by atoms with Crippen molar-refractivity contribution in [2.75, 3.05) is 11.9 Å². The van der Waals surface area contributed by atoms with Crippen molar-refractivity contribution in [3.05, 3.63) is 28.3 Å². The molecule has 6 heteroatoms. The number of guanidine groups is 1. The van der Waals surface area contributed by atoms with Crippen LogP contribution >= 0.6 is 11.6 Å². The normalized spacial score (nSPS) is 9.88. The van der Waals surface area contributed by atoms with Gasteiger partial charge in [-0.3, -0.25) is 10.7 Å². The van der Waals surface area contributed by atoms with Crippen LogP contribution in [0.4, 0.5) is 10.5 Å². The average Bonchev–Trinajstić information content (AvgIpc) is 2.14. The number of benzene rings is 1. The number of hydrogen-bond donors (Lipinski definition) is 3. The highest BCUT2D eigenvalue weighted by atomic mass is 35.5. The first-order valence-electron chi connectivity index (χ1n) is 4.98. The van der Waals surface area contributed by atoms with Crippen LogP contribution in [-0.2, 0) is 0 Å². The third kappa shape index (κ3) is 3.10. The molecular weight excluding hydrogens is 240 g/mol. The highest BCUT2D eigenvalue weighted by Crippen LogP contribution is 2.30. The Morgan fingerprint density at radius 2 is 2.06 bits per heavy atom. The zero-order chi connectivity index (χ0) is 13.2. The van der Waals surface area contributed by atoms with Gasteiger partial charge in [-0.2, -0.15) is 0 Å². The van der Waals surface area contributed by atoms with Crippen LogP contribution in [0.2, 0.25) is 5.02 Å². The van der Waals surface area contributed by atoms with Crippen LogP contribution in [-0.4, -0.2) is 19.0 Å². The van der Waals surface area contributed by atoms with Gasteiger partial charge in [0.1, 0.15) is 0 Å². The second kappa shape index (κ2) is 5.05. The summed E-state index contributed by atoms with van der Waals surface area (Å²) >= 11 is 6.13. The van der Waals surface area contributed by atoms with Gasteiger partial charge in [0, 0.05) is 7.05 Å². The van der Waals surface area contributed by atoms with Crippen LogP contribution in [0.1, 0.15) is 11.1 Å². The summed E-state index contributed by atoms with van der Waals surface area (Å²) in [5.41, 5.74) is 7.60. The molecule has 0 aliphatic heterocycles. The fraction of sp³-hybridized carbons (Fsp3) is 0.273. The Bertz CT molecular complexity index is 450. The summed E-state index contributed by atoms with van der Waals surface area (Å²) in [5.74, 6) is -0.119. The molecule has 17 heavy (non-hydrogen) atoms. The third-order valence-electron chi connectivity index (χ3n) is 2.31. The zero-order valence-electron chi connectivity index (χ0n) is 9.97. The quantitative estimate of drug-likeness (QED) is 0.529. The zero-order valence-corrected chi connectivity index (χ0v) is 10.7. The summed E-state index contributed by atoms with van der Waals surface area (Å²) in [6.45, 7) is 3.83. The van der Waals surface area contributed by atoms with E-state index in [2.05, 4.69) is 5.32 Å². The number of amides is 2. The van der Waals surface area contributed by atoms with Gasteiger partial charge < -0.3 is 10.6 Å². The van der Waals surface area contributed by atoms with E-state index in [0.717, 1.165) is 11.1 Å². The highest BCUT2D eigenvalue weighted by Gasteiger charge is 2.14. The van der Waals surface area contributed by atoms with Crippen molar-refractivity contribution in [3.63, 3.8) is 0 Å². The number of hydrogen-bond acceptors (Lipinski definition) is 2. The van der Waals surface area contributed by atoms with Crippen molar-refractivity contribution >= 4 is 29.3 Å². The number of carbonyl (C=O) groups excluding carboxylic acids is 1. The molecule has 0 bridgehead atoms. The Hall–Kier alpha value is -1.75. The minimum Gasteiger partial charge on any atom is -0.351 e. The Balaban J connectivity index is 3.08. The largest absolute Gasteiger partial charge is 0.351 e. The number of nitrogens with one attached hydrogen (secondary N) is 2. The molecule has 1 rings (SSSR count). The molecule has 0 atom stereocenters. The van der Waals surface area contributed by atoms with Gasteiger partial charge in [-0.25, -0.2) is 4.79 Å². The lowest BCUT2D eigenvalue weighted by atomic mass is 10.1. The number of halogens is 1. The molecule has 0 aliphatic rings. The predicted octanol–water partition coefficient (Wildman–Crippen LogP) is 2.00. The summed E-state index contributed by atoms with van der Waals surface area (Å²) in [6, 6.07) is 2.98. The predicted molar refractivity (Wildman–Crippen MR) is 69.8 cm³/mol. The van der Waals surface area contributed by atoms with Gasteiger partial charge in [-0.1, -0.05) is 17.7 Å². The Morgan fingerprint density at radius 1 is 1.47 bits per heavy atom. The van der Waals surface area contributed by atoms with Crippen LogP contribution in [0.25, 0.3) is 0 Å². The topological polar surface area (TPSA) is 82.2 Å². The van der Waals surface area contributed by atoms with E-state index < -0.39 is 6.03 Å². The minimum atomic E-state index is -0.775. The van der Waals surface area contributed by atoms with Crippen molar-refractivity contribution in [3.8, 4) is 0 Å². The van der Waals surface area contributed by atoms with E-state index in [1.165, 1.54) is 4.90 Å². The lowest BCUT2D eigenvalue weighted by Crippen LogP contribution is -2.44. The number of urea groups is 1. The molecule has 2 amide bonds. The van der Waals surface area contributed by atoms with Crippen molar-refractivity contribution in [1.82, 2.24) is 5.32 Å². The molecule has 1 aromatic rings.